The van der Waals surface area contributed by atoms with Gasteiger partial charge < -0.3 is 4.90 Å². The van der Waals surface area contributed by atoms with E-state index in [2.05, 4.69) is 4.98 Å². The van der Waals surface area contributed by atoms with Crippen LogP contribution in [0.15, 0.2) is 29.4 Å². The molecule has 1 aromatic heterocycles. The van der Waals surface area contributed by atoms with Gasteiger partial charge in [-0.15, -0.1) is 11.8 Å². The van der Waals surface area contributed by atoms with Gasteiger partial charge in [-0.25, -0.2) is 4.98 Å². The highest BCUT2D eigenvalue weighted by atomic mass is 32.2. The van der Waals surface area contributed by atoms with Gasteiger partial charge in [0, 0.05) is 24.9 Å². The fourth-order valence-corrected chi connectivity index (χ4v) is 2.09. The van der Waals surface area contributed by atoms with Crippen LogP contribution in [0, 0.1) is 11.3 Å². The number of carbonyl (C=O) groups is 1. The molecule has 0 aromatic carbocycles. The van der Waals surface area contributed by atoms with Gasteiger partial charge in [-0.3, -0.25) is 4.79 Å². The highest BCUT2D eigenvalue weighted by Gasteiger charge is 2.10. The van der Waals surface area contributed by atoms with Crippen molar-refractivity contribution in [2.24, 2.45) is 0 Å². The number of nitrogens with zero attached hydrogens (tertiary/aromatic N) is 3. The lowest BCUT2D eigenvalue weighted by Crippen LogP contribution is -2.31. The van der Waals surface area contributed by atoms with Crippen LogP contribution in [0.1, 0.15) is 13.3 Å². The highest BCUT2D eigenvalue weighted by molar-refractivity contribution is 7.99. The Bertz CT molecular complexity index is 388. The standard InChI is InChI=1S/C12H15N3OS/c1-2-15(9-7-13)12(16)6-10-17-11-5-3-4-8-14-11/h3-5,8H,2,6,9-10H2,1H3. The molecule has 1 amide bonds. The van der Waals surface area contributed by atoms with E-state index in [1.165, 1.54) is 0 Å². The Morgan fingerprint density at radius 1 is 1.59 bits per heavy atom. The average Bonchev–Trinajstić information content (AvgIpc) is 2.37. The number of thioether (sulfide) groups is 1. The first-order chi connectivity index (χ1) is 8.27. The number of nitriles is 1. The largest absolute Gasteiger partial charge is 0.330 e. The predicted molar refractivity (Wildman–Crippen MR) is 67.4 cm³/mol. The second-order valence-electron chi connectivity index (χ2n) is 3.33. The molecule has 1 heterocycles. The molecule has 0 radical (unpaired) electrons. The number of hydrogen-bond acceptors (Lipinski definition) is 4. The zero-order chi connectivity index (χ0) is 12.5. The van der Waals surface area contributed by atoms with Gasteiger partial charge in [-0.2, -0.15) is 5.26 Å². The molecule has 1 rings (SSSR count). The van der Waals surface area contributed by atoms with Crippen molar-refractivity contribution >= 4 is 17.7 Å². The van der Waals surface area contributed by atoms with Crippen LogP contribution >= 0.6 is 11.8 Å². The van der Waals surface area contributed by atoms with Crippen molar-refractivity contribution in [1.82, 2.24) is 9.88 Å². The topological polar surface area (TPSA) is 57.0 Å². The van der Waals surface area contributed by atoms with E-state index in [4.69, 9.17) is 5.26 Å². The molecule has 1 aromatic rings. The third-order valence-corrected chi connectivity index (χ3v) is 3.15. The molecule has 0 unspecified atom stereocenters. The van der Waals surface area contributed by atoms with Crippen molar-refractivity contribution < 1.29 is 4.79 Å². The summed E-state index contributed by atoms with van der Waals surface area (Å²) in [4.78, 5) is 17.4. The van der Waals surface area contributed by atoms with E-state index >= 15 is 0 Å². The fraction of sp³-hybridized carbons (Fsp3) is 0.417. The second-order valence-corrected chi connectivity index (χ2v) is 4.45. The molecule has 0 atom stereocenters. The molecule has 0 fully saturated rings. The molecule has 0 saturated heterocycles. The maximum atomic E-state index is 11.7. The van der Waals surface area contributed by atoms with Gasteiger partial charge in [-0.05, 0) is 19.1 Å². The lowest BCUT2D eigenvalue weighted by Gasteiger charge is -2.16. The molecule has 90 valence electrons. The van der Waals surface area contributed by atoms with Crippen molar-refractivity contribution in [2.75, 3.05) is 18.8 Å². The first kappa shape index (κ1) is 13.5. The van der Waals surface area contributed by atoms with Gasteiger partial charge in [-0.1, -0.05) is 6.07 Å². The first-order valence-corrected chi connectivity index (χ1v) is 6.45. The molecule has 5 heteroatoms. The van der Waals surface area contributed by atoms with Crippen LogP contribution in [0.3, 0.4) is 0 Å². The summed E-state index contributed by atoms with van der Waals surface area (Å²) in [5, 5.41) is 9.48. The van der Waals surface area contributed by atoms with Crippen molar-refractivity contribution in [1.29, 1.82) is 5.26 Å². The Kier molecular flexibility index (Phi) is 6.12. The minimum atomic E-state index is 0.0254. The SMILES string of the molecule is CCN(CC#N)C(=O)CCSc1ccccn1. The van der Waals surface area contributed by atoms with E-state index in [-0.39, 0.29) is 12.5 Å². The van der Waals surface area contributed by atoms with E-state index in [0.717, 1.165) is 5.03 Å². The number of rotatable bonds is 6. The minimum Gasteiger partial charge on any atom is -0.330 e. The molecule has 0 aliphatic heterocycles. The normalized spacial score (nSPS) is 9.65. The summed E-state index contributed by atoms with van der Waals surface area (Å²) < 4.78 is 0. The zero-order valence-electron chi connectivity index (χ0n) is 9.80. The summed E-state index contributed by atoms with van der Waals surface area (Å²) >= 11 is 1.55. The van der Waals surface area contributed by atoms with Gasteiger partial charge >= 0.3 is 0 Å². The quantitative estimate of drug-likeness (QED) is 0.571. The van der Waals surface area contributed by atoms with Gasteiger partial charge in [0.05, 0.1) is 11.1 Å². The van der Waals surface area contributed by atoms with Crippen LogP contribution in [-0.4, -0.2) is 34.6 Å². The first-order valence-electron chi connectivity index (χ1n) is 5.46. The zero-order valence-corrected chi connectivity index (χ0v) is 10.6. The molecule has 0 aliphatic rings. The lowest BCUT2D eigenvalue weighted by molar-refractivity contribution is -0.129. The van der Waals surface area contributed by atoms with Gasteiger partial charge in [0.15, 0.2) is 0 Å². The van der Waals surface area contributed by atoms with Crippen molar-refractivity contribution in [3.8, 4) is 6.07 Å². The molecule has 4 nitrogen and oxygen atoms in total. The Morgan fingerprint density at radius 2 is 2.41 bits per heavy atom. The summed E-state index contributed by atoms with van der Waals surface area (Å²) in [5.74, 6) is 0.718. The van der Waals surface area contributed by atoms with Gasteiger partial charge in [0.2, 0.25) is 5.91 Å². The van der Waals surface area contributed by atoms with E-state index < -0.39 is 0 Å². The third kappa shape index (κ3) is 4.87. The molecule has 17 heavy (non-hydrogen) atoms. The van der Waals surface area contributed by atoms with Gasteiger partial charge in [0.1, 0.15) is 6.54 Å². The van der Waals surface area contributed by atoms with E-state index in [9.17, 15) is 4.79 Å². The van der Waals surface area contributed by atoms with Crippen molar-refractivity contribution in [2.45, 2.75) is 18.4 Å². The summed E-state index contributed by atoms with van der Waals surface area (Å²) in [7, 11) is 0. The molecule has 0 spiro atoms. The van der Waals surface area contributed by atoms with E-state index in [1.807, 2.05) is 31.2 Å². The van der Waals surface area contributed by atoms with Crippen LogP contribution < -0.4 is 0 Å². The summed E-state index contributed by atoms with van der Waals surface area (Å²) in [6, 6.07) is 7.70. The van der Waals surface area contributed by atoms with E-state index in [1.54, 1.807) is 22.9 Å². The molecule has 0 N–H and O–H groups in total. The third-order valence-electron chi connectivity index (χ3n) is 2.20. The Hall–Kier alpha value is -1.54. The van der Waals surface area contributed by atoms with Crippen molar-refractivity contribution in [3.63, 3.8) is 0 Å². The van der Waals surface area contributed by atoms with Crippen molar-refractivity contribution in [3.05, 3.63) is 24.4 Å². The van der Waals surface area contributed by atoms with E-state index in [0.29, 0.717) is 18.7 Å². The number of pyridine rings is 1. The highest BCUT2D eigenvalue weighted by Crippen LogP contribution is 2.15. The van der Waals surface area contributed by atoms with Crippen LogP contribution in [0.4, 0.5) is 0 Å². The number of carbonyl (C=O) groups excluding carboxylic acids is 1. The number of hydrogen-bond donors (Lipinski definition) is 0. The van der Waals surface area contributed by atoms with Crippen LogP contribution in [0.25, 0.3) is 0 Å². The predicted octanol–water partition coefficient (Wildman–Crippen LogP) is 1.94. The minimum absolute atomic E-state index is 0.0254. The summed E-state index contributed by atoms with van der Waals surface area (Å²) in [6.45, 7) is 2.63. The molecular formula is C12H15N3OS. The lowest BCUT2D eigenvalue weighted by atomic mass is 10.4. The van der Waals surface area contributed by atoms with Crippen LogP contribution in [0.2, 0.25) is 0 Å². The number of amides is 1. The Balaban J connectivity index is 2.31. The average molecular weight is 249 g/mol. The Labute approximate surface area is 106 Å². The maximum absolute atomic E-state index is 11.7. The second kappa shape index (κ2) is 7.69. The van der Waals surface area contributed by atoms with Crippen LogP contribution in [0.5, 0.6) is 0 Å². The molecule has 0 aliphatic carbocycles. The smallest absolute Gasteiger partial charge is 0.224 e. The maximum Gasteiger partial charge on any atom is 0.224 e. The van der Waals surface area contributed by atoms with Gasteiger partial charge in [0.25, 0.3) is 0 Å². The molecule has 0 bridgehead atoms. The Morgan fingerprint density at radius 3 is 3.00 bits per heavy atom. The fourth-order valence-electron chi connectivity index (χ4n) is 1.30. The van der Waals surface area contributed by atoms with Crippen LogP contribution in [-0.2, 0) is 4.79 Å². The number of aromatic nitrogens is 1. The molecule has 0 saturated carbocycles. The monoisotopic (exact) mass is 249 g/mol. The summed E-state index contributed by atoms with van der Waals surface area (Å²) in [6.07, 6.45) is 2.18. The summed E-state index contributed by atoms with van der Waals surface area (Å²) in [5.41, 5.74) is 0. The molecular weight excluding hydrogens is 234 g/mol.